The van der Waals surface area contributed by atoms with Crippen LogP contribution in [0.2, 0.25) is 0 Å². The second-order valence-corrected chi connectivity index (χ2v) is 7.17. The first-order chi connectivity index (χ1) is 12.0. The summed E-state index contributed by atoms with van der Waals surface area (Å²) >= 11 is 0. The molecule has 0 aromatic heterocycles. The molecule has 2 rings (SSSR count). The summed E-state index contributed by atoms with van der Waals surface area (Å²) in [6.07, 6.45) is 0. The molecule has 1 N–H and O–H groups in total. The molecule has 0 spiro atoms. The summed E-state index contributed by atoms with van der Waals surface area (Å²) in [6.45, 7) is 1.49. The highest BCUT2D eigenvalue weighted by atomic mass is 32.2. The van der Waals surface area contributed by atoms with Crippen LogP contribution in [-0.4, -0.2) is 26.9 Å². The van der Waals surface area contributed by atoms with Crippen molar-refractivity contribution in [3.63, 3.8) is 0 Å². The Hall–Kier alpha value is -2.62. The number of ether oxygens (including phenoxy) is 1. The van der Waals surface area contributed by atoms with E-state index in [1.807, 2.05) is 0 Å². The van der Waals surface area contributed by atoms with Gasteiger partial charge in [0, 0.05) is 5.56 Å². The van der Waals surface area contributed by atoms with Crippen molar-refractivity contribution in [1.82, 2.24) is 0 Å². The van der Waals surface area contributed by atoms with Crippen LogP contribution in [0.4, 0.5) is 23.2 Å². The molecule has 0 bridgehead atoms. The van der Waals surface area contributed by atoms with Crippen LogP contribution in [0, 0.1) is 12.7 Å². The van der Waals surface area contributed by atoms with E-state index in [4.69, 9.17) is 4.74 Å². The van der Waals surface area contributed by atoms with E-state index in [1.54, 1.807) is 0 Å². The zero-order valence-electron chi connectivity index (χ0n) is 13.5. The quantitative estimate of drug-likeness (QED) is 0.807. The fraction of sp³-hybridized carbons (Fsp3) is 0.188. The minimum Gasteiger partial charge on any atom is -0.495 e. The summed E-state index contributed by atoms with van der Waals surface area (Å²) in [6, 6.07) is 5.94. The van der Waals surface area contributed by atoms with Crippen LogP contribution in [-0.2, 0) is 9.84 Å². The standard InChI is InChI=1S/C16H13F4NO4S/c1-9-3-4-10(7-12(9)17)15(22)21-13-8-11(5-6-14(13)25-2)26(23,24)16(18,19)20/h3-8H,1-2H3,(H,21,22). The van der Waals surface area contributed by atoms with Gasteiger partial charge in [0.1, 0.15) is 11.6 Å². The fourth-order valence-electron chi connectivity index (χ4n) is 2.01. The van der Waals surface area contributed by atoms with Crippen LogP contribution in [0.3, 0.4) is 0 Å². The molecule has 0 aliphatic heterocycles. The van der Waals surface area contributed by atoms with Gasteiger partial charge < -0.3 is 10.1 Å². The molecule has 26 heavy (non-hydrogen) atoms. The Balaban J connectivity index is 2.43. The number of hydrogen-bond acceptors (Lipinski definition) is 4. The molecule has 0 radical (unpaired) electrons. The van der Waals surface area contributed by atoms with E-state index in [1.165, 1.54) is 26.2 Å². The third-order valence-corrected chi connectivity index (χ3v) is 4.95. The molecule has 2 aromatic rings. The minimum atomic E-state index is -5.60. The fourth-order valence-corrected chi connectivity index (χ4v) is 2.80. The number of hydrogen-bond donors (Lipinski definition) is 1. The number of alkyl halides is 3. The number of benzene rings is 2. The summed E-state index contributed by atoms with van der Waals surface area (Å²) < 4.78 is 79.6. The van der Waals surface area contributed by atoms with Crippen LogP contribution >= 0.6 is 0 Å². The topological polar surface area (TPSA) is 72.5 Å². The van der Waals surface area contributed by atoms with Crippen LogP contribution in [0.1, 0.15) is 15.9 Å². The van der Waals surface area contributed by atoms with Gasteiger partial charge in [-0.2, -0.15) is 13.2 Å². The summed E-state index contributed by atoms with van der Waals surface area (Å²) in [7, 11) is -4.41. The molecule has 0 heterocycles. The molecule has 10 heteroatoms. The Kier molecular flexibility index (Phi) is 5.26. The maximum Gasteiger partial charge on any atom is 0.501 e. The van der Waals surface area contributed by atoms with Gasteiger partial charge in [-0.05, 0) is 42.8 Å². The molecule has 0 fully saturated rings. The number of rotatable bonds is 4. The highest BCUT2D eigenvalue weighted by molar-refractivity contribution is 7.92. The predicted molar refractivity (Wildman–Crippen MR) is 85.3 cm³/mol. The maximum atomic E-state index is 13.6. The predicted octanol–water partition coefficient (Wildman–Crippen LogP) is 3.69. The molecular weight excluding hydrogens is 378 g/mol. The number of anilines is 1. The Morgan fingerprint density at radius 2 is 1.77 bits per heavy atom. The lowest BCUT2D eigenvalue weighted by atomic mass is 10.1. The normalized spacial score (nSPS) is 11.9. The summed E-state index contributed by atoms with van der Waals surface area (Å²) in [5.41, 5.74) is -5.59. The van der Waals surface area contributed by atoms with Crippen LogP contribution in [0.15, 0.2) is 41.3 Å². The van der Waals surface area contributed by atoms with Gasteiger partial charge in [0.25, 0.3) is 15.7 Å². The van der Waals surface area contributed by atoms with Crippen molar-refractivity contribution in [2.75, 3.05) is 12.4 Å². The van der Waals surface area contributed by atoms with Crippen molar-refractivity contribution in [2.45, 2.75) is 17.3 Å². The van der Waals surface area contributed by atoms with E-state index in [9.17, 15) is 30.8 Å². The van der Waals surface area contributed by atoms with Crippen molar-refractivity contribution in [2.24, 2.45) is 0 Å². The summed E-state index contributed by atoms with van der Waals surface area (Å²) in [5.74, 6) is -1.55. The number of nitrogens with one attached hydrogen (secondary N) is 1. The van der Waals surface area contributed by atoms with Gasteiger partial charge in [-0.15, -0.1) is 0 Å². The number of sulfone groups is 1. The second kappa shape index (κ2) is 6.94. The zero-order chi connectivity index (χ0) is 19.7. The monoisotopic (exact) mass is 391 g/mol. The van der Waals surface area contributed by atoms with Crippen LogP contribution in [0.25, 0.3) is 0 Å². The number of carbonyl (C=O) groups excluding carboxylic acids is 1. The van der Waals surface area contributed by atoms with E-state index in [0.29, 0.717) is 17.7 Å². The number of amides is 1. The first-order valence-electron chi connectivity index (χ1n) is 7.04. The maximum absolute atomic E-state index is 13.6. The Morgan fingerprint density at radius 3 is 2.31 bits per heavy atom. The smallest absolute Gasteiger partial charge is 0.495 e. The van der Waals surface area contributed by atoms with Gasteiger partial charge in [0.2, 0.25) is 0 Å². The Labute approximate surface area is 146 Å². The van der Waals surface area contributed by atoms with E-state index in [0.717, 1.165) is 12.1 Å². The van der Waals surface area contributed by atoms with Crippen LogP contribution in [0.5, 0.6) is 5.75 Å². The molecule has 140 valence electrons. The zero-order valence-corrected chi connectivity index (χ0v) is 14.3. The highest BCUT2D eigenvalue weighted by Gasteiger charge is 2.47. The van der Waals surface area contributed by atoms with Crippen molar-refractivity contribution >= 4 is 21.4 Å². The minimum absolute atomic E-state index is 0.0629. The van der Waals surface area contributed by atoms with Crippen molar-refractivity contribution in [1.29, 1.82) is 0 Å². The molecular formula is C16H13F4NO4S. The third kappa shape index (κ3) is 3.79. The van der Waals surface area contributed by atoms with Gasteiger partial charge in [0.15, 0.2) is 0 Å². The van der Waals surface area contributed by atoms with Gasteiger partial charge in [-0.1, -0.05) is 6.07 Å². The number of carbonyl (C=O) groups is 1. The first-order valence-corrected chi connectivity index (χ1v) is 8.52. The average Bonchev–Trinajstić information content (AvgIpc) is 2.56. The highest BCUT2D eigenvalue weighted by Crippen LogP contribution is 2.34. The van der Waals surface area contributed by atoms with Crippen molar-refractivity contribution in [3.05, 3.63) is 53.3 Å². The first kappa shape index (κ1) is 19.7. The lowest BCUT2D eigenvalue weighted by molar-refractivity contribution is -0.0436. The molecule has 0 unspecified atom stereocenters. The molecule has 5 nitrogen and oxygen atoms in total. The number of methoxy groups -OCH3 is 1. The molecule has 2 aromatic carbocycles. The van der Waals surface area contributed by atoms with E-state index in [2.05, 4.69) is 5.32 Å². The molecule has 0 aliphatic carbocycles. The van der Waals surface area contributed by atoms with Crippen LogP contribution < -0.4 is 10.1 Å². The molecule has 0 aliphatic rings. The molecule has 1 amide bonds. The van der Waals surface area contributed by atoms with Crippen molar-refractivity contribution in [3.8, 4) is 5.75 Å². The summed E-state index contributed by atoms with van der Waals surface area (Å²) in [5, 5.41) is 2.23. The van der Waals surface area contributed by atoms with Gasteiger partial charge >= 0.3 is 5.51 Å². The number of aryl methyl sites for hydroxylation is 1. The Bertz CT molecular complexity index is 955. The average molecular weight is 391 g/mol. The Morgan fingerprint density at radius 1 is 1.12 bits per heavy atom. The van der Waals surface area contributed by atoms with E-state index in [-0.39, 0.29) is 17.0 Å². The van der Waals surface area contributed by atoms with E-state index < -0.39 is 32.0 Å². The third-order valence-electron chi connectivity index (χ3n) is 3.47. The summed E-state index contributed by atoms with van der Waals surface area (Å²) in [4.78, 5) is 11.1. The van der Waals surface area contributed by atoms with Gasteiger partial charge in [-0.3, -0.25) is 4.79 Å². The molecule has 0 atom stereocenters. The molecule has 0 saturated heterocycles. The molecule has 0 saturated carbocycles. The lowest BCUT2D eigenvalue weighted by Gasteiger charge is -2.14. The second-order valence-electron chi connectivity index (χ2n) is 5.23. The lowest BCUT2D eigenvalue weighted by Crippen LogP contribution is -2.23. The van der Waals surface area contributed by atoms with Crippen molar-refractivity contribution < 1.29 is 35.5 Å². The largest absolute Gasteiger partial charge is 0.501 e. The number of halogens is 4. The SMILES string of the molecule is COc1ccc(S(=O)(=O)C(F)(F)F)cc1NC(=O)c1ccc(C)c(F)c1. The van der Waals surface area contributed by atoms with Gasteiger partial charge in [-0.25, -0.2) is 12.8 Å². The van der Waals surface area contributed by atoms with E-state index >= 15 is 0 Å². The van der Waals surface area contributed by atoms with Gasteiger partial charge in [0.05, 0.1) is 17.7 Å².